The van der Waals surface area contributed by atoms with Crippen LogP contribution in [0.5, 0.6) is 5.88 Å². The molecule has 3 aromatic heterocycles. The van der Waals surface area contributed by atoms with Crippen LogP contribution in [0.15, 0.2) is 66.9 Å². The number of hydrogen-bond acceptors (Lipinski definition) is 8. The fourth-order valence-corrected chi connectivity index (χ4v) is 5.49. The van der Waals surface area contributed by atoms with Crippen LogP contribution in [0, 0.1) is 12.7 Å². The number of hydrogen-bond donors (Lipinski definition) is 3. The molecule has 0 saturated carbocycles. The Kier molecular flexibility index (Phi) is 8.13. The minimum absolute atomic E-state index is 0.0793. The van der Waals surface area contributed by atoms with Gasteiger partial charge < -0.3 is 20.7 Å². The molecule has 0 bridgehead atoms. The Morgan fingerprint density at radius 1 is 1.02 bits per heavy atom. The van der Waals surface area contributed by atoms with Crippen molar-refractivity contribution >= 4 is 40.0 Å². The van der Waals surface area contributed by atoms with E-state index in [0.29, 0.717) is 81.2 Å². The first-order chi connectivity index (χ1) is 20.9. The number of anilines is 2. The fourth-order valence-electron chi connectivity index (χ4n) is 5.21. The van der Waals surface area contributed by atoms with Crippen molar-refractivity contribution in [1.82, 2.24) is 30.6 Å². The topological polar surface area (TPSA) is 114 Å². The summed E-state index contributed by atoms with van der Waals surface area (Å²) in [6.45, 7) is 2.95. The van der Waals surface area contributed by atoms with Crippen LogP contribution in [-0.4, -0.2) is 45.5 Å². The van der Waals surface area contributed by atoms with Crippen LogP contribution in [0.1, 0.15) is 24.2 Å². The van der Waals surface area contributed by atoms with E-state index in [1.165, 1.54) is 7.11 Å². The summed E-state index contributed by atoms with van der Waals surface area (Å²) in [6, 6.07) is 18.0. The Balaban J connectivity index is 1.27. The Morgan fingerprint density at radius 3 is 2.65 bits per heavy atom. The number of fused-ring (bicyclic) bond motifs is 1. The highest BCUT2D eigenvalue weighted by molar-refractivity contribution is 6.36. The van der Waals surface area contributed by atoms with Crippen LogP contribution in [0.25, 0.3) is 33.4 Å². The molecule has 1 saturated heterocycles. The molecule has 1 aliphatic rings. The molecule has 11 heteroatoms. The van der Waals surface area contributed by atoms with Crippen LogP contribution in [0.3, 0.4) is 0 Å². The lowest BCUT2D eigenvalue weighted by Crippen LogP contribution is -2.35. The third-order valence-electron chi connectivity index (χ3n) is 7.31. The van der Waals surface area contributed by atoms with Gasteiger partial charge in [0.1, 0.15) is 17.2 Å². The smallest absolute Gasteiger partial charge is 0.220 e. The number of halogens is 2. The summed E-state index contributed by atoms with van der Waals surface area (Å²) in [5.74, 6) is 1.12. The van der Waals surface area contributed by atoms with Crippen molar-refractivity contribution in [3.63, 3.8) is 0 Å². The molecule has 0 radical (unpaired) electrons. The van der Waals surface area contributed by atoms with Crippen LogP contribution in [-0.2, 0) is 11.3 Å². The summed E-state index contributed by atoms with van der Waals surface area (Å²) in [5.41, 5.74) is 4.29. The first-order valence-corrected chi connectivity index (χ1v) is 14.3. The van der Waals surface area contributed by atoms with Gasteiger partial charge in [0.15, 0.2) is 5.82 Å². The van der Waals surface area contributed by atoms with E-state index < -0.39 is 5.82 Å². The number of methoxy groups -OCH3 is 1. The largest absolute Gasteiger partial charge is 0.481 e. The lowest BCUT2D eigenvalue weighted by Gasteiger charge is -2.15. The number of amides is 1. The van der Waals surface area contributed by atoms with Crippen LogP contribution in [0.2, 0.25) is 5.02 Å². The van der Waals surface area contributed by atoms with E-state index in [2.05, 4.69) is 35.9 Å². The third-order valence-corrected chi connectivity index (χ3v) is 7.71. The maximum Gasteiger partial charge on any atom is 0.220 e. The van der Waals surface area contributed by atoms with Crippen LogP contribution in [0.4, 0.5) is 15.9 Å². The molecule has 218 valence electrons. The number of nitrogens with one attached hydrogen (secondary N) is 3. The third kappa shape index (κ3) is 5.97. The summed E-state index contributed by atoms with van der Waals surface area (Å²) in [4.78, 5) is 29.4. The second kappa shape index (κ2) is 12.3. The number of carbonyl (C=O) groups excluding carboxylic acids is 1. The lowest BCUT2D eigenvalue weighted by atomic mass is 9.99. The molecule has 43 heavy (non-hydrogen) atoms. The molecule has 0 aliphatic carbocycles. The number of rotatable bonds is 9. The molecule has 6 rings (SSSR count). The van der Waals surface area contributed by atoms with Gasteiger partial charge in [-0.2, -0.15) is 0 Å². The minimum atomic E-state index is -0.455. The molecule has 9 nitrogen and oxygen atoms in total. The summed E-state index contributed by atoms with van der Waals surface area (Å²) in [5, 5.41) is 9.89. The first kappa shape index (κ1) is 28.4. The van der Waals surface area contributed by atoms with E-state index in [4.69, 9.17) is 16.3 Å². The van der Waals surface area contributed by atoms with Crippen molar-refractivity contribution in [2.24, 2.45) is 0 Å². The SMILES string of the molecule is COc1nc(-c2cccc(-c3cccc(Nc4nc(C)nc5cccnc45)c3Cl)c2F)ccc1CNCC1CCC(=O)N1. The van der Waals surface area contributed by atoms with Crippen molar-refractivity contribution < 1.29 is 13.9 Å². The van der Waals surface area contributed by atoms with E-state index in [-0.39, 0.29) is 11.9 Å². The Hall–Kier alpha value is -4.67. The average Bonchev–Trinajstić information content (AvgIpc) is 3.43. The van der Waals surface area contributed by atoms with E-state index >= 15 is 4.39 Å². The average molecular weight is 598 g/mol. The maximum atomic E-state index is 16.1. The van der Waals surface area contributed by atoms with Crippen molar-refractivity contribution in [3.05, 3.63) is 89.1 Å². The molecule has 1 fully saturated rings. The monoisotopic (exact) mass is 597 g/mol. The molecule has 3 N–H and O–H groups in total. The zero-order chi connectivity index (χ0) is 29.9. The van der Waals surface area contributed by atoms with Gasteiger partial charge in [-0.15, -0.1) is 0 Å². The molecule has 0 spiro atoms. The second-order valence-electron chi connectivity index (χ2n) is 10.2. The van der Waals surface area contributed by atoms with Crippen LogP contribution < -0.4 is 20.7 Å². The zero-order valence-electron chi connectivity index (χ0n) is 23.6. The van der Waals surface area contributed by atoms with Crippen molar-refractivity contribution in [2.45, 2.75) is 32.4 Å². The predicted octanol–water partition coefficient (Wildman–Crippen LogP) is 5.98. The molecule has 2 aromatic carbocycles. The molecular weight excluding hydrogens is 569 g/mol. The van der Waals surface area contributed by atoms with Gasteiger partial charge in [0.25, 0.3) is 0 Å². The number of carbonyl (C=O) groups is 1. The van der Waals surface area contributed by atoms with Gasteiger partial charge in [-0.25, -0.2) is 19.3 Å². The number of benzene rings is 2. The van der Waals surface area contributed by atoms with Gasteiger partial charge >= 0.3 is 0 Å². The molecule has 1 atom stereocenters. The fraction of sp³-hybridized carbons (Fsp3) is 0.219. The summed E-state index contributed by atoms with van der Waals surface area (Å²) >= 11 is 6.87. The summed E-state index contributed by atoms with van der Waals surface area (Å²) in [7, 11) is 1.54. The zero-order valence-corrected chi connectivity index (χ0v) is 24.4. The first-order valence-electron chi connectivity index (χ1n) is 13.9. The standard InChI is InChI=1S/C32H29ClFN7O2/c1-18-37-26-10-5-15-36-30(26)31(38-18)40-25-9-4-6-21(28(25)33)22-7-3-8-23(29(22)34)24-13-11-19(32(41-24)43-2)16-35-17-20-12-14-27(42)39-20/h3-11,13,15,20,35H,12,14,16-17H2,1-2H3,(H,39,42)(H,37,38,40). The van der Waals surface area contributed by atoms with Crippen molar-refractivity contribution in [1.29, 1.82) is 0 Å². The Bertz CT molecular complexity index is 1830. The summed E-state index contributed by atoms with van der Waals surface area (Å²) < 4.78 is 21.7. The molecule has 1 unspecified atom stereocenters. The van der Waals surface area contributed by atoms with Crippen LogP contribution >= 0.6 is 11.6 Å². The Morgan fingerprint density at radius 2 is 1.84 bits per heavy atom. The van der Waals surface area contributed by atoms with Crippen molar-refractivity contribution in [3.8, 4) is 28.3 Å². The number of ether oxygens (including phenoxy) is 1. The predicted molar refractivity (Wildman–Crippen MR) is 165 cm³/mol. The second-order valence-corrected chi connectivity index (χ2v) is 10.6. The van der Waals surface area contributed by atoms with E-state index in [1.807, 2.05) is 18.2 Å². The molecule has 4 heterocycles. The van der Waals surface area contributed by atoms with Gasteiger partial charge in [0.05, 0.1) is 29.0 Å². The number of nitrogens with zero attached hydrogens (tertiary/aromatic N) is 4. The van der Waals surface area contributed by atoms with Crippen molar-refractivity contribution in [2.75, 3.05) is 19.0 Å². The highest BCUT2D eigenvalue weighted by Crippen LogP contribution is 2.39. The molecule has 1 amide bonds. The van der Waals surface area contributed by atoms with Gasteiger partial charge in [-0.05, 0) is 43.7 Å². The highest BCUT2D eigenvalue weighted by Gasteiger charge is 2.21. The Labute approximate surface area is 252 Å². The van der Waals surface area contributed by atoms with E-state index in [9.17, 15) is 4.79 Å². The van der Waals surface area contributed by atoms with E-state index in [1.54, 1.807) is 55.6 Å². The van der Waals surface area contributed by atoms with Gasteiger partial charge in [0.2, 0.25) is 11.8 Å². The summed E-state index contributed by atoms with van der Waals surface area (Å²) in [6.07, 6.45) is 3.04. The normalized spacial score (nSPS) is 14.6. The number of aryl methyl sites for hydroxylation is 1. The lowest BCUT2D eigenvalue weighted by molar-refractivity contribution is -0.119. The van der Waals surface area contributed by atoms with Gasteiger partial charge in [0, 0.05) is 54.0 Å². The quantitative estimate of drug-likeness (QED) is 0.190. The van der Waals surface area contributed by atoms with Gasteiger partial charge in [-0.3, -0.25) is 9.78 Å². The molecular formula is C32H29ClFN7O2. The molecule has 1 aliphatic heterocycles. The minimum Gasteiger partial charge on any atom is -0.481 e. The number of pyridine rings is 2. The van der Waals surface area contributed by atoms with E-state index in [0.717, 1.165) is 12.0 Å². The molecule has 5 aromatic rings. The highest BCUT2D eigenvalue weighted by atomic mass is 35.5. The number of aromatic nitrogens is 4. The maximum absolute atomic E-state index is 16.1. The van der Waals surface area contributed by atoms with Gasteiger partial charge in [-0.1, -0.05) is 41.9 Å².